The normalized spacial score (nSPS) is 10.3. The minimum Gasteiger partial charge on any atom is -0.497 e. The fourth-order valence-corrected chi connectivity index (χ4v) is 2.12. The van der Waals surface area contributed by atoms with Gasteiger partial charge >= 0.3 is 0 Å². The van der Waals surface area contributed by atoms with Crippen molar-refractivity contribution in [2.75, 3.05) is 20.0 Å². The average Bonchev–Trinajstić information content (AvgIpc) is 2.74. The first-order valence-corrected chi connectivity index (χ1v) is 5.59. The Labute approximate surface area is 107 Å². The summed E-state index contributed by atoms with van der Waals surface area (Å²) < 4.78 is 16.1. The number of anilines is 1. The van der Waals surface area contributed by atoms with Crippen molar-refractivity contribution >= 4 is 21.8 Å². The van der Waals surface area contributed by atoms with Gasteiger partial charge in [-0.05, 0) is 22.0 Å². The number of nitrogens with two attached hydrogens (primary N) is 1. The predicted octanol–water partition coefficient (Wildman–Crippen LogP) is 2.70. The number of rotatable bonds is 3. The van der Waals surface area contributed by atoms with E-state index < -0.39 is 0 Å². The number of benzene rings is 1. The highest BCUT2D eigenvalue weighted by atomic mass is 79.9. The highest BCUT2D eigenvalue weighted by Gasteiger charge is 2.16. The van der Waals surface area contributed by atoms with Gasteiger partial charge in [0.1, 0.15) is 17.2 Å². The Morgan fingerprint density at radius 1 is 1.24 bits per heavy atom. The number of methoxy groups -OCH3 is 2. The lowest BCUT2D eigenvalue weighted by Gasteiger charge is -2.10. The van der Waals surface area contributed by atoms with Crippen LogP contribution in [0.4, 0.5) is 5.88 Å². The number of halogens is 1. The molecule has 0 atom stereocenters. The van der Waals surface area contributed by atoms with Gasteiger partial charge in [0.15, 0.2) is 0 Å². The molecular weight excluding hydrogens is 288 g/mol. The predicted molar refractivity (Wildman–Crippen MR) is 67.2 cm³/mol. The van der Waals surface area contributed by atoms with Gasteiger partial charge in [0.25, 0.3) is 0 Å². The molecule has 1 aromatic heterocycles. The Morgan fingerprint density at radius 2 is 2.00 bits per heavy atom. The Kier molecular flexibility index (Phi) is 3.23. The van der Waals surface area contributed by atoms with E-state index in [-0.39, 0.29) is 5.88 Å². The number of hydrogen-bond donors (Lipinski definition) is 1. The molecule has 0 saturated heterocycles. The molecule has 90 valence electrons. The van der Waals surface area contributed by atoms with Gasteiger partial charge < -0.3 is 19.7 Å². The van der Waals surface area contributed by atoms with Gasteiger partial charge in [-0.2, -0.15) is 0 Å². The van der Waals surface area contributed by atoms with E-state index in [1.165, 1.54) is 0 Å². The quantitative estimate of drug-likeness (QED) is 0.943. The summed E-state index contributed by atoms with van der Waals surface area (Å²) in [5.41, 5.74) is 6.88. The van der Waals surface area contributed by atoms with E-state index in [1.54, 1.807) is 26.4 Å². The van der Waals surface area contributed by atoms with Gasteiger partial charge in [-0.15, -0.1) is 0 Å². The standard InChI is InChI=1S/C11H11BrN2O3/c1-15-6-3-7(12)11(9(4-6)16-2)8-5-10(13)17-14-8/h3-5H,13H2,1-2H3. The summed E-state index contributed by atoms with van der Waals surface area (Å²) in [6.45, 7) is 0. The molecule has 0 aliphatic rings. The second-order valence-corrected chi connectivity index (χ2v) is 4.16. The molecule has 0 unspecified atom stereocenters. The minimum atomic E-state index is 0.254. The lowest BCUT2D eigenvalue weighted by Crippen LogP contribution is -1.92. The van der Waals surface area contributed by atoms with Gasteiger partial charge in [-0.25, -0.2) is 0 Å². The molecule has 2 aromatic rings. The Morgan fingerprint density at radius 3 is 2.53 bits per heavy atom. The van der Waals surface area contributed by atoms with Crippen LogP contribution < -0.4 is 15.2 Å². The average molecular weight is 299 g/mol. The lowest BCUT2D eigenvalue weighted by atomic mass is 10.1. The largest absolute Gasteiger partial charge is 0.497 e. The zero-order valence-corrected chi connectivity index (χ0v) is 10.9. The summed E-state index contributed by atoms with van der Waals surface area (Å²) in [5.74, 6) is 1.57. The highest BCUT2D eigenvalue weighted by Crippen LogP contribution is 2.39. The topological polar surface area (TPSA) is 70.5 Å². The van der Waals surface area contributed by atoms with E-state index in [0.717, 1.165) is 10.0 Å². The van der Waals surface area contributed by atoms with Crippen LogP contribution in [0.2, 0.25) is 0 Å². The van der Waals surface area contributed by atoms with Crippen molar-refractivity contribution in [3.05, 3.63) is 22.7 Å². The summed E-state index contributed by atoms with van der Waals surface area (Å²) >= 11 is 3.44. The van der Waals surface area contributed by atoms with Gasteiger partial charge in [-0.3, -0.25) is 0 Å². The van der Waals surface area contributed by atoms with Crippen LogP contribution in [0.15, 0.2) is 27.2 Å². The molecule has 0 aliphatic heterocycles. The number of hydrogen-bond acceptors (Lipinski definition) is 5. The summed E-state index contributed by atoms with van der Waals surface area (Å²) in [7, 11) is 3.17. The van der Waals surface area contributed by atoms with E-state index in [0.29, 0.717) is 17.2 Å². The maximum absolute atomic E-state index is 5.50. The van der Waals surface area contributed by atoms with Crippen LogP contribution in [-0.4, -0.2) is 19.4 Å². The third-order valence-corrected chi connectivity index (χ3v) is 2.89. The zero-order valence-electron chi connectivity index (χ0n) is 9.36. The van der Waals surface area contributed by atoms with Crippen LogP contribution in [0.25, 0.3) is 11.3 Å². The Hall–Kier alpha value is -1.69. The third kappa shape index (κ3) is 2.21. The van der Waals surface area contributed by atoms with Crippen LogP contribution in [0.1, 0.15) is 0 Å². The van der Waals surface area contributed by atoms with Gasteiger partial charge in [0, 0.05) is 16.6 Å². The molecule has 1 aromatic carbocycles. The molecule has 0 bridgehead atoms. The molecule has 2 rings (SSSR count). The van der Waals surface area contributed by atoms with E-state index in [9.17, 15) is 0 Å². The van der Waals surface area contributed by atoms with Crippen molar-refractivity contribution in [2.24, 2.45) is 0 Å². The van der Waals surface area contributed by atoms with Crippen molar-refractivity contribution in [1.82, 2.24) is 5.16 Å². The summed E-state index contributed by atoms with van der Waals surface area (Å²) in [4.78, 5) is 0. The molecule has 2 N–H and O–H groups in total. The van der Waals surface area contributed by atoms with Crippen LogP contribution in [0, 0.1) is 0 Å². The second-order valence-electron chi connectivity index (χ2n) is 3.30. The molecule has 0 radical (unpaired) electrons. The van der Waals surface area contributed by atoms with Crippen LogP contribution in [0.5, 0.6) is 11.5 Å². The number of aromatic nitrogens is 1. The molecular formula is C11H11BrN2O3. The molecule has 0 saturated carbocycles. The number of ether oxygens (including phenoxy) is 2. The van der Waals surface area contributed by atoms with Crippen molar-refractivity contribution in [2.45, 2.75) is 0 Å². The minimum absolute atomic E-state index is 0.254. The monoisotopic (exact) mass is 298 g/mol. The van der Waals surface area contributed by atoms with Crippen LogP contribution >= 0.6 is 15.9 Å². The summed E-state index contributed by atoms with van der Waals surface area (Å²) in [6, 6.07) is 5.22. The fourth-order valence-electron chi connectivity index (χ4n) is 1.49. The van der Waals surface area contributed by atoms with E-state index in [2.05, 4.69) is 21.1 Å². The summed E-state index contributed by atoms with van der Waals surface area (Å²) in [6.07, 6.45) is 0. The molecule has 0 amide bonds. The third-order valence-electron chi connectivity index (χ3n) is 2.27. The summed E-state index contributed by atoms with van der Waals surface area (Å²) in [5, 5.41) is 3.86. The van der Waals surface area contributed by atoms with Crippen LogP contribution in [0.3, 0.4) is 0 Å². The van der Waals surface area contributed by atoms with Crippen molar-refractivity contribution in [1.29, 1.82) is 0 Å². The molecule has 5 nitrogen and oxygen atoms in total. The smallest absolute Gasteiger partial charge is 0.222 e. The zero-order chi connectivity index (χ0) is 12.4. The Balaban J connectivity index is 2.60. The first-order valence-electron chi connectivity index (χ1n) is 4.79. The molecule has 0 spiro atoms. The van der Waals surface area contributed by atoms with Gasteiger partial charge in [0.05, 0.1) is 19.8 Å². The number of nitrogens with zero attached hydrogens (tertiary/aromatic N) is 1. The molecule has 6 heteroatoms. The SMILES string of the molecule is COc1cc(Br)c(-c2cc(N)on2)c(OC)c1. The van der Waals surface area contributed by atoms with E-state index in [1.807, 2.05) is 6.07 Å². The Bertz CT molecular complexity index is 540. The number of nitrogen functional groups attached to an aromatic ring is 1. The molecule has 17 heavy (non-hydrogen) atoms. The second kappa shape index (κ2) is 4.67. The molecule has 0 aliphatic carbocycles. The highest BCUT2D eigenvalue weighted by molar-refractivity contribution is 9.10. The van der Waals surface area contributed by atoms with Crippen LogP contribution in [-0.2, 0) is 0 Å². The van der Waals surface area contributed by atoms with Crippen molar-refractivity contribution < 1.29 is 14.0 Å². The maximum Gasteiger partial charge on any atom is 0.222 e. The fraction of sp³-hybridized carbons (Fsp3) is 0.182. The van der Waals surface area contributed by atoms with Crippen molar-refractivity contribution in [3.63, 3.8) is 0 Å². The first kappa shape index (κ1) is 11.8. The van der Waals surface area contributed by atoms with Gasteiger partial charge in [-0.1, -0.05) is 5.16 Å². The lowest BCUT2D eigenvalue weighted by molar-refractivity contribution is 0.394. The van der Waals surface area contributed by atoms with E-state index in [4.69, 9.17) is 19.7 Å². The first-order chi connectivity index (χ1) is 8.15. The van der Waals surface area contributed by atoms with E-state index >= 15 is 0 Å². The molecule has 1 heterocycles. The molecule has 0 fully saturated rings. The van der Waals surface area contributed by atoms with Crippen molar-refractivity contribution in [3.8, 4) is 22.8 Å². The van der Waals surface area contributed by atoms with Gasteiger partial charge in [0.2, 0.25) is 5.88 Å². The maximum atomic E-state index is 5.50.